The smallest absolute Gasteiger partial charge is 0.217 e. The number of ether oxygens (including phenoxy) is 1. The molecule has 6 nitrogen and oxygen atoms in total. The van der Waals surface area contributed by atoms with Crippen LogP contribution >= 0.6 is 11.6 Å². The second kappa shape index (κ2) is 8.54. The summed E-state index contributed by atoms with van der Waals surface area (Å²) < 4.78 is 5.78. The number of halogens is 1. The highest BCUT2D eigenvalue weighted by Crippen LogP contribution is 2.49. The van der Waals surface area contributed by atoms with Crippen molar-refractivity contribution >= 4 is 17.4 Å². The van der Waals surface area contributed by atoms with Crippen molar-refractivity contribution in [3.8, 4) is 11.9 Å². The van der Waals surface area contributed by atoms with E-state index in [2.05, 4.69) is 25.9 Å². The van der Waals surface area contributed by atoms with Gasteiger partial charge in [0, 0.05) is 25.4 Å². The molecule has 0 radical (unpaired) electrons. The number of hydrogen-bond acceptors (Lipinski definition) is 6. The van der Waals surface area contributed by atoms with E-state index in [-0.39, 0.29) is 0 Å². The van der Waals surface area contributed by atoms with E-state index in [0.717, 1.165) is 53.7 Å². The van der Waals surface area contributed by atoms with Crippen LogP contribution in [0.2, 0.25) is 5.02 Å². The van der Waals surface area contributed by atoms with Crippen molar-refractivity contribution in [3.05, 3.63) is 40.4 Å². The lowest BCUT2D eigenvalue weighted by Gasteiger charge is -2.33. The zero-order chi connectivity index (χ0) is 20.4. The van der Waals surface area contributed by atoms with Crippen molar-refractivity contribution < 1.29 is 4.74 Å². The van der Waals surface area contributed by atoms with Crippen molar-refractivity contribution in [1.29, 1.82) is 5.26 Å². The third-order valence-electron chi connectivity index (χ3n) is 6.15. The summed E-state index contributed by atoms with van der Waals surface area (Å²) in [6.07, 6.45) is 6.56. The minimum atomic E-state index is 0.355. The Morgan fingerprint density at radius 2 is 2.03 bits per heavy atom. The molecule has 2 aromatic heterocycles. The standard InChI is InChI=1S/C22H26ClN5O/c1-14-9-21(25-13-20(14)23)28-6-3-16(4-7-28)19-10-17(19)5-8-29-22-11-18(12-24)26-15(2)27-22/h9,11,13,16-17,19H,3-8,10H2,1-2H3. The molecule has 3 heterocycles. The van der Waals surface area contributed by atoms with Crippen LogP contribution in [-0.4, -0.2) is 34.6 Å². The molecular weight excluding hydrogens is 386 g/mol. The minimum Gasteiger partial charge on any atom is -0.478 e. The fraction of sp³-hybridized carbons (Fsp3) is 0.545. The summed E-state index contributed by atoms with van der Waals surface area (Å²) in [5.74, 6) is 4.49. The number of aryl methyl sites for hydroxylation is 2. The van der Waals surface area contributed by atoms with Crippen molar-refractivity contribution in [2.24, 2.45) is 17.8 Å². The number of aromatic nitrogens is 3. The molecule has 1 saturated heterocycles. The van der Waals surface area contributed by atoms with Crippen LogP contribution in [0.4, 0.5) is 5.82 Å². The maximum atomic E-state index is 9.00. The van der Waals surface area contributed by atoms with E-state index in [1.54, 1.807) is 19.2 Å². The molecule has 1 aliphatic carbocycles. The van der Waals surface area contributed by atoms with Crippen LogP contribution in [0.3, 0.4) is 0 Å². The first-order valence-electron chi connectivity index (χ1n) is 10.3. The Bertz CT molecular complexity index is 920. The molecule has 2 fully saturated rings. The number of nitrogens with zero attached hydrogens (tertiary/aromatic N) is 5. The van der Waals surface area contributed by atoms with Gasteiger partial charge in [-0.2, -0.15) is 10.2 Å². The van der Waals surface area contributed by atoms with Gasteiger partial charge in [0.25, 0.3) is 0 Å². The fourth-order valence-corrected chi connectivity index (χ4v) is 4.52. The van der Waals surface area contributed by atoms with Gasteiger partial charge in [-0.25, -0.2) is 9.97 Å². The lowest BCUT2D eigenvalue weighted by molar-refractivity contribution is 0.275. The first kappa shape index (κ1) is 19.9. The van der Waals surface area contributed by atoms with Crippen molar-refractivity contribution in [2.45, 2.75) is 39.5 Å². The fourth-order valence-electron chi connectivity index (χ4n) is 4.42. The second-order valence-electron chi connectivity index (χ2n) is 8.16. The number of nitriles is 1. The molecule has 0 bridgehead atoms. The molecule has 1 saturated carbocycles. The Balaban J connectivity index is 1.21. The molecular formula is C22H26ClN5O. The van der Waals surface area contributed by atoms with E-state index in [1.807, 2.05) is 13.0 Å². The van der Waals surface area contributed by atoms with E-state index in [4.69, 9.17) is 21.6 Å². The quantitative estimate of drug-likeness (QED) is 0.704. The summed E-state index contributed by atoms with van der Waals surface area (Å²) in [7, 11) is 0. The highest BCUT2D eigenvalue weighted by molar-refractivity contribution is 6.31. The summed E-state index contributed by atoms with van der Waals surface area (Å²) in [4.78, 5) is 15.2. The molecule has 0 amide bonds. The summed E-state index contributed by atoms with van der Waals surface area (Å²) in [5, 5.41) is 9.73. The first-order chi connectivity index (χ1) is 14.0. The molecule has 0 spiro atoms. The van der Waals surface area contributed by atoms with Gasteiger partial charge in [-0.05, 0) is 68.9 Å². The molecule has 4 rings (SSSR count). The lowest BCUT2D eigenvalue weighted by atomic mass is 9.90. The van der Waals surface area contributed by atoms with Crippen molar-refractivity contribution in [3.63, 3.8) is 0 Å². The zero-order valence-corrected chi connectivity index (χ0v) is 17.7. The van der Waals surface area contributed by atoms with Crippen molar-refractivity contribution in [2.75, 3.05) is 24.6 Å². The second-order valence-corrected chi connectivity index (χ2v) is 8.57. The van der Waals surface area contributed by atoms with E-state index >= 15 is 0 Å². The molecule has 1 aliphatic heterocycles. The monoisotopic (exact) mass is 411 g/mol. The normalized spacial score (nSPS) is 21.7. The van der Waals surface area contributed by atoms with Crippen molar-refractivity contribution in [1.82, 2.24) is 15.0 Å². The van der Waals surface area contributed by atoms with Crippen LogP contribution in [0.5, 0.6) is 5.88 Å². The zero-order valence-electron chi connectivity index (χ0n) is 16.9. The average molecular weight is 412 g/mol. The van der Waals surface area contributed by atoms with Crippen LogP contribution in [-0.2, 0) is 0 Å². The predicted octanol–water partition coefficient (Wildman–Crippen LogP) is 4.34. The molecule has 0 aromatic carbocycles. The number of anilines is 1. The number of rotatable bonds is 6. The molecule has 7 heteroatoms. The summed E-state index contributed by atoms with van der Waals surface area (Å²) >= 11 is 6.10. The maximum absolute atomic E-state index is 9.00. The largest absolute Gasteiger partial charge is 0.478 e. The van der Waals surface area contributed by atoms with Crippen LogP contribution in [0, 0.1) is 42.9 Å². The van der Waals surface area contributed by atoms with Gasteiger partial charge in [-0.1, -0.05) is 11.6 Å². The van der Waals surface area contributed by atoms with Gasteiger partial charge in [-0.3, -0.25) is 0 Å². The molecule has 2 aliphatic rings. The van der Waals surface area contributed by atoms with Crippen LogP contribution < -0.4 is 9.64 Å². The van der Waals surface area contributed by atoms with Gasteiger partial charge in [-0.15, -0.1) is 0 Å². The molecule has 152 valence electrons. The number of hydrogen-bond donors (Lipinski definition) is 0. The highest BCUT2D eigenvalue weighted by atomic mass is 35.5. The predicted molar refractivity (Wildman–Crippen MR) is 112 cm³/mol. The molecule has 0 N–H and O–H groups in total. The van der Waals surface area contributed by atoms with Gasteiger partial charge in [0.2, 0.25) is 5.88 Å². The number of pyridine rings is 1. The highest BCUT2D eigenvalue weighted by Gasteiger charge is 2.43. The van der Waals surface area contributed by atoms with Gasteiger partial charge >= 0.3 is 0 Å². The van der Waals surface area contributed by atoms with E-state index < -0.39 is 0 Å². The van der Waals surface area contributed by atoms with E-state index in [9.17, 15) is 0 Å². The minimum absolute atomic E-state index is 0.355. The van der Waals surface area contributed by atoms with Gasteiger partial charge in [0.05, 0.1) is 11.6 Å². The Labute approximate surface area is 176 Å². The summed E-state index contributed by atoms with van der Waals surface area (Å²) in [6.45, 7) is 6.58. The Kier molecular flexibility index (Phi) is 5.86. The Hall–Kier alpha value is -2.39. The summed E-state index contributed by atoms with van der Waals surface area (Å²) in [5.41, 5.74) is 1.44. The van der Waals surface area contributed by atoms with Crippen LogP contribution in [0.25, 0.3) is 0 Å². The van der Waals surface area contributed by atoms with Gasteiger partial charge in [0.1, 0.15) is 23.4 Å². The number of piperidine rings is 1. The molecule has 2 atom stereocenters. The summed E-state index contributed by atoms with van der Waals surface area (Å²) in [6, 6.07) is 5.75. The molecule has 2 unspecified atom stereocenters. The molecule has 2 aromatic rings. The Morgan fingerprint density at radius 3 is 2.76 bits per heavy atom. The topological polar surface area (TPSA) is 74.9 Å². The third kappa shape index (κ3) is 4.79. The SMILES string of the molecule is Cc1nc(C#N)cc(OCCC2CC2C2CCN(c3cc(C)c(Cl)cn3)CC2)n1. The third-order valence-corrected chi connectivity index (χ3v) is 6.54. The van der Waals surface area contributed by atoms with E-state index in [1.165, 1.54) is 19.3 Å². The first-order valence-corrected chi connectivity index (χ1v) is 10.7. The van der Waals surface area contributed by atoms with Crippen LogP contribution in [0.1, 0.15) is 42.8 Å². The Morgan fingerprint density at radius 1 is 1.24 bits per heavy atom. The van der Waals surface area contributed by atoms with Crippen LogP contribution in [0.15, 0.2) is 18.3 Å². The molecule has 29 heavy (non-hydrogen) atoms. The van der Waals surface area contributed by atoms with E-state index in [0.29, 0.717) is 24.0 Å². The maximum Gasteiger partial charge on any atom is 0.217 e. The van der Waals surface area contributed by atoms with Gasteiger partial charge in [0.15, 0.2) is 0 Å². The lowest BCUT2D eigenvalue weighted by Crippen LogP contribution is -2.35. The average Bonchev–Trinajstić information content (AvgIpc) is 3.49. The van der Waals surface area contributed by atoms with Gasteiger partial charge < -0.3 is 9.64 Å².